The van der Waals surface area contributed by atoms with Crippen molar-refractivity contribution >= 4 is 19.8 Å². The summed E-state index contributed by atoms with van der Waals surface area (Å²) in [7, 11) is -3.05. The predicted molar refractivity (Wildman–Crippen MR) is 97.0 cm³/mol. The van der Waals surface area contributed by atoms with E-state index in [4.69, 9.17) is 9.47 Å². The largest absolute Gasteiger partial charge is 0.425 e. The van der Waals surface area contributed by atoms with Crippen LogP contribution in [-0.4, -0.2) is 40.8 Å². The number of hydrogen-bond donors (Lipinski definition) is 3. The molecule has 8 heteroatoms. The van der Waals surface area contributed by atoms with Crippen LogP contribution in [0.5, 0.6) is 0 Å². The van der Waals surface area contributed by atoms with E-state index in [2.05, 4.69) is 5.32 Å². The molecule has 1 aliphatic carbocycles. The normalized spacial score (nSPS) is 16.1. The Morgan fingerprint density at radius 1 is 1.24 bits per heavy atom. The number of amides is 1. The maximum atomic E-state index is 11.6. The van der Waals surface area contributed by atoms with Crippen molar-refractivity contribution in [3.63, 3.8) is 0 Å². The minimum Gasteiger partial charge on any atom is -0.425 e. The van der Waals surface area contributed by atoms with Crippen molar-refractivity contribution in [3.8, 4) is 0 Å². The van der Waals surface area contributed by atoms with E-state index in [1.807, 2.05) is 6.92 Å². The highest BCUT2D eigenvalue weighted by Crippen LogP contribution is 2.53. The summed E-state index contributed by atoms with van der Waals surface area (Å²) in [6.45, 7) is 3.59. The summed E-state index contributed by atoms with van der Waals surface area (Å²) in [5.74, 6) is 1.24. The van der Waals surface area contributed by atoms with E-state index in [9.17, 15) is 19.4 Å². The van der Waals surface area contributed by atoms with Crippen molar-refractivity contribution in [2.75, 3.05) is 12.7 Å². The highest BCUT2D eigenvalue weighted by molar-refractivity contribution is 7.67. The molecule has 0 radical (unpaired) electrons. The third-order valence-corrected chi connectivity index (χ3v) is 5.60. The van der Waals surface area contributed by atoms with Gasteiger partial charge in [-0.1, -0.05) is 13.3 Å². The Balaban J connectivity index is 2.20. The molecule has 144 valence electrons. The zero-order chi connectivity index (χ0) is 18.7. The first kappa shape index (κ1) is 21.9. The van der Waals surface area contributed by atoms with Crippen LogP contribution in [0.4, 0.5) is 4.79 Å². The second kappa shape index (κ2) is 11.4. The van der Waals surface area contributed by atoms with Gasteiger partial charge < -0.3 is 14.8 Å². The summed E-state index contributed by atoms with van der Waals surface area (Å²) in [5, 5.41) is 2.52. The van der Waals surface area contributed by atoms with Crippen LogP contribution in [-0.2, 0) is 14.3 Å². The number of rotatable bonds is 9. The highest BCUT2D eigenvalue weighted by atomic mass is 31.2. The van der Waals surface area contributed by atoms with Gasteiger partial charge in [0.1, 0.15) is 12.0 Å². The number of carbonyl (C=O) groups excluding carboxylic acids is 2. The molecule has 1 saturated carbocycles. The Kier molecular flexibility index (Phi) is 10.0. The molecule has 0 aromatic rings. The van der Waals surface area contributed by atoms with E-state index >= 15 is 0 Å². The highest BCUT2D eigenvalue weighted by Gasteiger charge is 2.30. The quantitative estimate of drug-likeness (QED) is 0.246. The molecule has 1 fully saturated rings. The van der Waals surface area contributed by atoms with Crippen LogP contribution in [0.25, 0.3) is 0 Å². The lowest BCUT2D eigenvalue weighted by Gasteiger charge is -2.16. The summed E-state index contributed by atoms with van der Waals surface area (Å²) < 4.78 is 9.80. The number of alkyl carbamates (subject to hydrolysis) is 1. The van der Waals surface area contributed by atoms with Crippen molar-refractivity contribution in [1.29, 1.82) is 0 Å². The lowest BCUT2D eigenvalue weighted by atomic mass is 9.96. The fourth-order valence-electron chi connectivity index (χ4n) is 2.66. The molecule has 1 rings (SSSR count). The molecule has 0 bridgehead atoms. The van der Waals surface area contributed by atoms with Gasteiger partial charge >= 0.3 is 12.1 Å². The molecule has 7 nitrogen and oxygen atoms in total. The second-order valence-corrected chi connectivity index (χ2v) is 8.63. The van der Waals surface area contributed by atoms with E-state index in [0.29, 0.717) is 12.8 Å². The first-order valence-corrected chi connectivity index (χ1v) is 10.9. The zero-order valence-electron chi connectivity index (χ0n) is 15.2. The maximum absolute atomic E-state index is 11.6. The van der Waals surface area contributed by atoms with Crippen LogP contribution < -0.4 is 5.32 Å². The fourth-order valence-corrected chi connectivity index (χ4v) is 4.25. The zero-order valence-corrected chi connectivity index (χ0v) is 16.1. The van der Waals surface area contributed by atoms with Crippen molar-refractivity contribution < 1.29 is 28.8 Å². The molecule has 3 N–H and O–H groups in total. The average Bonchev–Trinajstić information content (AvgIpc) is 2.52. The SMILES string of the molecule is CCCC(=O)OC(C)OC(=O)NCCC[P+](O)(O)C=C1CCCCC1. The molecule has 0 saturated heterocycles. The number of allylic oxidation sites excluding steroid dienone is 1. The van der Waals surface area contributed by atoms with Gasteiger partial charge in [0.25, 0.3) is 7.72 Å². The van der Waals surface area contributed by atoms with Gasteiger partial charge in [0, 0.05) is 26.3 Å². The van der Waals surface area contributed by atoms with Gasteiger partial charge in [0.15, 0.2) is 0 Å². The minimum absolute atomic E-state index is 0.234. The third-order valence-electron chi connectivity index (χ3n) is 3.84. The fraction of sp³-hybridized carbons (Fsp3) is 0.765. The van der Waals surface area contributed by atoms with Crippen LogP contribution in [0.1, 0.15) is 65.2 Å². The first-order chi connectivity index (χ1) is 11.8. The monoisotopic (exact) mass is 376 g/mol. The molecular formula is C17H31NO6P+. The van der Waals surface area contributed by atoms with Gasteiger partial charge in [-0.3, -0.25) is 4.79 Å². The van der Waals surface area contributed by atoms with Crippen molar-refractivity contribution in [2.24, 2.45) is 0 Å². The van der Waals surface area contributed by atoms with Crippen LogP contribution in [0.15, 0.2) is 11.4 Å². The molecule has 1 amide bonds. The van der Waals surface area contributed by atoms with E-state index < -0.39 is 26.1 Å². The van der Waals surface area contributed by atoms with Gasteiger partial charge in [0.05, 0.1) is 0 Å². The van der Waals surface area contributed by atoms with Crippen molar-refractivity contribution in [2.45, 2.75) is 71.5 Å². The van der Waals surface area contributed by atoms with E-state index in [0.717, 1.165) is 31.3 Å². The maximum Gasteiger partial charge on any atom is 0.410 e. The lowest BCUT2D eigenvalue weighted by Crippen LogP contribution is -2.31. The second-order valence-electron chi connectivity index (χ2n) is 6.35. The minimum atomic E-state index is -3.05. The number of carbonyl (C=O) groups is 2. The molecular weight excluding hydrogens is 345 g/mol. The summed E-state index contributed by atoms with van der Waals surface area (Å²) >= 11 is 0. The third kappa shape index (κ3) is 10.4. The Hall–Kier alpha value is -1.17. The lowest BCUT2D eigenvalue weighted by molar-refractivity contribution is -0.164. The Morgan fingerprint density at radius 3 is 2.56 bits per heavy atom. The molecule has 1 unspecified atom stereocenters. The molecule has 1 aliphatic rings. The van der Waals surface area contributed by atoms with E-state index in [1.165, 1.54) is 13.3 Å². The summed E-state index contributed by atoms with van der Waals surface area (Å²) in [6, 6.07) is 0. The average molecular weight is 376 g/mol. The topological polar surface area (TPSA) is 105 Å². The van der Waals surface area contributed by atoms with Crippen LogP contribution >= 0.6 is 7.72 Å². The Bertz CT molecular complexity index is 458. The molecule has 1 atom stereocenters. The molecule has 0 heterocycles. The van der Waals surface area contributed by atoms with Crippen LogP contribution in [0, 0.1) is 0 Å². The molecule has 0 spiro atoms. The smallest absolute Gasteiger partial charge is 0.410 e. The number of ether oxygens (including phenoxy) is 2. The summed E-state index contributed by atoms with van der Waals surface area (Å²) in [6.07, 6.45) is 5.30. The molecule has 25 heavy (non-hydrogen) atoms. The van der Waals surface area contributed by atoms with Crippen molar-refractivity contribution in [3.05, 3.63) is 11.4 Å². The Labute approximate surface area is 150 Å². The van der Waals surface area contributed by atoms with Crippen LogP contribution in [0.2, 0.25) is 0 Å². The predicted octanol–water partition coefficient (Wildman–Crippen LogP) is 3.47. The van der Waals surface area contributed by atoms with Gasteiger partial charge in [-0.15, -0.1) is 0 Å². The van der Waals surface area contributed by atoms with Gasteiger partial charge in [-0.05, 0) is 37.7 Å². The number of nitrogens with one attached hydrogen (secondary N) is 1. The van der Waals surface area contributed by atoms with Gasteiger partial charge in [-0.25, -0.2) is 14.6 Å². The number of hydrogen-bond acceptors (Lipinski definition) is 6. The summed E-state index contributed by atoms with van der Waals surface area (Å²) in [4.78, 5) is 43.1. The molecule has 0 aliphatic heterocycles. The van der Waals surface area contributed by atoms with Crippen LogP contribution in [0.3, 0.4) is 0 Å². The van der Waals surface area contributed by atoms with E-state index in [1.54, 1.807) is 5.82 Å². The molecule has 0 aromatic carbocycles. The van der Waals surface area contributed by atoms with E-state index in [-0.39, 0.29) is 19.1 Å². The standard InChI is InChI=1S/C17H30NO6P/c1-3-8-16(19)23-14(2)24-17(20)18-11-7-12-25(21,22)13-15-9-5-4-6-10-15/h13-14,21-22H,3-12H2,1-2H3/p+1. The summed E-state index contributed by atoms with van der Waals surface area (Å²) in [5.41, 5.74) is 1.14. The molecule has 0 aromatic heterocycles. The Morgan fingerprint density at radius 2 is 1.92 bits per heavy atom. The van der Waals surface area contributed by atoms with Gasteiger partial charge in [0.2, 0.25) is 6.29 Å². The first-order valence-electron chi connectivity index (χ1n) is 9.00. The van der Waals surface area contributed by atoms with Crippen molar-refractivity contribution in [1.82, 2.24) is 5.32 Å². The van der Waals surface area contributed by atoms with Gasteiger partial charge in [-0.2, -0.15) is 0 Å². The number of esters is 1.